The minimum Gasteiger partial charge on any atom is -0.545 e. The largest absolute Gasteiger partial charge is 0.545 e. The zero-order chi connectivity index (χ0) is 20.0. The number of aliphatic hydroxyl groups excluding tert-OH is 1. The van der Waals surface area contributed by atoms with Crippen LogP contribution >= 0.6 is 0 Å². The molecular weight excluding hydrogens is 346 g/mol. The quantitative estimate of drug-likeness (QED) is 0.770. The summed E-state index contributed by atoms with van der Waals surface area (Å²) in [6.45, 7) is 6.28. The SMILES string of the molecule is CC(C)(C)c1ccc(OC[C@H](O)CNC(=O)c2ccccc2C(=O)[O-])cc1. The van der Waals surface area contributed by atoms with Crippen LogP contribution < -0.4 is 15.2 Å². The number of rotatable bonds is 7. The summed E-state index contributed by atoms with van der Waals surface area (Å²) < 4.78 is 5.53. The number of carboxylic acid groups (broad SMARTS) is 1. The van der Waals surface area contributed by atoms with E-state index in [0.717, 1.165) is 0 Å². The van der Waals surface area contributed by atoms with Crippen molar-refractivity contribution in [1.82, 2.24) is 5.32 Å². The second-order valence-corrected chi connectivity index (χ2v) is 7.28. The summed E-state index contributed by atoms with van der Waals surface area (Å²) in [5.74, 6) is -1.40. The normalized spacial score (nSPS) is 12.3. The predicted octanol–water partition coefficient (Wildman–Crippen LogP) is 1.52. The zero-order valence-corrected chi connectivity index (χ0v) is 15.7. The van der Waals surface area contributed by atoms with E-state index in [2.05, 4.69) is 26.1 Å². The number of benzene rings is 2. The number of hydrogen-bond acceptors (Lipinski definition) is 5. The summed E-state index contributed by atoms with van der Waals surface area (Å²) in [4.78, 5) is 23.2. The Kier molecular flexibility index (Phi) is 6.58. The van der Waals surface area contributed by atoms with Gasteiger partial charge >= 0.3 is 0 Å². The van der Waals surface area contributed by atoms with Gasteiger partial charge in [0.1, 0.15) is 18.5 Å². The van der Waals surface area contributed by atoms with E-state index in [0.29, 0.717) is 5.75 Å². The number of amides is 1. The summed E-state index contributed by atoms with van der Waals surface area (Å²) in [7, 11) is 0. The smallest absolute Gasteiger partial charge is 0.252 e. The third-order valence-corrected chi connectivity index (χ3v) is 4.05. The molecule has 0 bridgehead atoms. The van der Waals surface area contributed by atoms with E-state index < -0.39 is 18.0 Å². The van der Waals surface area contributed by atoms with Gasteiger partial charge in [-0.15, -0.1) is 0 Å². The lowest BCUT2D eigenvalue weighted by Crippen LogP contribution is -2.36. The second kappa shape index (κ2) is 8.68. The first kappa shape index (κ1) is 20.5. The lowest BCUT2D eigenvalue weighted by molar-refractivity contribution is -0.255. The Hall–Kier alpha value is -2.86. The number of hydrogen-bond donors (Lipinski definition) is 2. The summed E-state index contributed by atoms with van der Waals surface area (Å²) in [5.41, 5.74) is 1.02. The number of carboxylic acids is 1. The third-order valence-electron chi connectivity index (χ3n) is 4.05. The van der Waals surface area contributed by atoms with Crippen LogP contribution in [0.1, 0.15) is 47.1 Å². The summed E-state index contributed by atoms with van der Waals surface area (Å²) >= 11 is 0. The maximum Gasteiger partial charge on any atom is 0.252 e. The molecule has 0 radical (unpaired) electrons. The molecule has 0 unspecified atom stereocenters. The average Bonchev–Trinajstić information content (AvgIpc) is 2.64. The Bertz CT molecular complexity index is 793. The number of nitrogens with one attached hydrogen (secondary N) is 1. The molecule has 2 aromatic carbocycles. The van der Waals surface area contributed by atoms with Crippen molar-refractivity contribution in [2.24, 2.45) is 0 Å². The molecule has 0 aliphatic heterocycles. The van der Waals surface area contributed by atoms with Gasteiger partial charge in [-0.1, -0.05) is 51.1 Å². The average molecular weight is 370 g/mol. The highest BCUT2D eigenvalue weighted by Crippen LogP contribution is 2.24. The van der Waals surface area contributed by atoms with Gasteiger partial charge in [-0.05, 0) is 29.2 Å². The van der Waals surface area contributed by atoms with E-state index in [1.54, 1.807) is 6.07 Å². The Balaban J connectivity index is 1.85. The van der Waals surface area contributed by atoms with Gasteiger partial charge < -0.3 is 25.1 Å². The lowest BCUT2D eigenvalue weighted by Gasteiger charge is -2.19. The fourth-order valence-corrected chi connectivity index (χ4v) is 2.47. The molecule has 0 aliphatic rings. The highest BCUT2D eigenvalue weighted by molar-refractivity contribution is 6.04. The highest BCUT2D eigenvalue weighted by atomic mass is 16.5. The van der Waals surface area contributed by atoms with Gasteiger partial charge in [0, 0.05) is 17.7 Å². The molecule has 2 N–H and O–H groups in total. The number of carbonyl (C=O) groups is 2. The maximum atomic E-state index is 12.1. The molecular formula is C21H24NO5-. The zero-order valence-electron chi connectivity index (χ0n) is 15.7. The summed E-state index contributed by atoms with van der Waals surface area (Å²) in [5, 5.41) is 23.5. The van der Waals surface area contributed by atoms with E-state index in [1.807, 2.05) is 24.3 Å². The van der Waals surface area contributed by atoms with Gasteiger partial charge in [0.15, 0.2) is 0 Å². The van der Waals surface area contributed by atoms with Crippen LogP contribution in [0.25, 0.3) is 0 Å². The molecule has 0 fully saturated rings. The molecule has 1 atom stereocenters. The van der Waals surface area contributed by atoms with Gasteiger partial charge in [0.05, 0.1) is 5.97 Å². The highest BCUT2D eigenvalue weighted by Gasteiger charge is 2.15. The van der Waals surface area contributed by atoms with Gasteiger partial charge in [0.25, 0.3) is 5.91 Å². The lowest BCUT2D eigenvalue weighted by atomic mass is 9.87. The topological polar surface area (TPSA) is 98.7 Å². The first-order valence-electron chi connectivity index (χ1n) is 8.68. The molecule has 0 spiro atoms. The molecule has 0 saturated heterocycles. The van der Waals surface area contributed by atoms with Crippen LogP contribution in [0, 0.1) is 0 Å². The van der Waals surface area contributed by atoms with Crippen LogP contribution in [-0.4, -0.2) is 36.2 Å². The molecule has 1 amide bonds. The van der Waals surface area contributed by atoms with Crippen LogP contribution in [0.2, 0.25) is 0 Å². The van der Waals surface area contributed by atoms with Crippen LogP contribution in [0.5, 0.6) is 5.75 Å². The van der Waals surface area contributed by atoms with Gasteiger partial charge in [-0.3, -0.25) is 4.79 Å². The fourth-order valence-electron chi connectivity index (χ4n) is 2.47. The number of aromatic carboxylic acids is 1. The predicted molar refractivity (Wildman–Crippen MR) is 99.7 cm³/mol. The van der Waals surface area contributed by atoms with E-state index in [-0.39, 0.29) is 29.7 Å². The van der Waals surface area contributed by atoms with Gasteiger partial charge in [-0.25, -0.2) is 0 Å². The van der Waals surface area contributed by atoms with Crippen molar-refractivity contribution in [3.05, 3.63) is 65.2 Å². The molecule has 2 aromatic rings. The maximum absolute atomic E-state index is 12.1. The number of ether oxygens (including phenoxy) is 1. The van der Waals surface area contributed by atoms with Crippen LogP contribution in [0.3, 0.4) is 0 Å². The third kappa shape index (κ3) is 5.82. The van der Waals surface area contributed by atoms with E-state index in [1.165, 1.54) is 23.8 Å². The van der Waals surface area contributed by atoms with Crippen molar-refractivity contribution in [2.75, 3.05) is 13.2 Å². The molecule has 0 saturated carbocycles. The van der Waals surface area contributed by atoms with E-state index in [4.69, 9.17) is 4.74 Å². The molecule has 0 aromatic heterocycles. The van der Waals surface area contributed by atoms with E-state index in [9.17, 15) is 19.8 Å². The van der Waals surface area contributed by atoms with Crippen molar-refractivity contribution in [2.45, 2.75) is 32.3 Å². The molecule has 6 heteroatoms. The molecule has 0 aliphatic carbocycles. The Morgan fingerprint density at radius 2 is 1.67 bits per heavy atom. The van der Waals surface area contributed by atoms with Crippen molar-refractivity contribution < 1.29 is 24.5 Å². The van der Waals surface area contributed by atoms with Crippen LogP contribution in [-0.2, 0) is 5.41 Å². The Morgan fingerprint density at radius 1 is 1.07 bits per heavy atom. The van der Waals surface area contributed by atoms with Gasteiger partial charge in [-0.2, -0.15) is 0 Å². The summed E-state index contributed by atoms with van der Waals surface area (Å²) in [6.07, 6.45) is -0.939. The van der Waals surface area contributed by atoms with Crippen LogP contribution in [0.4, 0.5) is 0 Å². The fraction of sp³-hybridized carbons (Fsp3) is 0.333. The van der Waals surface area contributed by atoms with Crippen molar-refractivity contribution in [1.29, 1.82) is 0 Å². The molecule has 2 rings (SSSR count). The van der Waals surface area contributed by atoms with E-state index >= 15 is 0 Å². The van der Waals surface area contributed by atoms with Crippen molar-refractivity contribution in [3.63, 3.8) is 0 Å². The number of carbonyl (C=O) groups excluding carboxylic acids is 2. The van der Waals surface area contributed by atoms with Gasteiger partial charge in [0.2, 0.25) is 0 Å². The molecule has 27 heavy (non-hydrogen) atoms. The summed E-state index contributed by atoms with van der Waals surface area (Å²) in [6, 6.07) is 13.4. The molecule has 144 valence electrons. The molecule has 0 heterocycles. The van der Waals surface area contributed by atoms with Crippen molar-refractivity contribution >= 4 is 11.9 Å². The number of aliphatic hydroxyl groups is 1. The minimum atomic E-state index is -1.43. The second-order valence-electron chi connectivity index (χ2n) is 7.28. The molecule has 6 nitrogen and oxygen atoms in total. The first-order chi connectivity index (χ1) is 12.7. The Labute approximate surface area is 158 Å². The van der Waals surface area contributed by atoms with Crippen molar-refractivity contribution in [3.8, 4) is 5.75 Å². The first-order valence-corrected chi connectivity index (χ1v) is 8.68. The Morgan fingerprint density at radius 3 is 2.22 bits per heavy atom. The minimum absolute atomic E-state index is 0.00270. The van der Waals surface area contributed by atoms with Crippen LogP contribution in [0.15, 0.2) is 48.5 Å². The monoisotopic (exact) mass is 370 g/mol. The standard InChI is InChI=1S/C21H25NO5/c1-21(2,3)14-8-10-16(11-9-14)27-13-15(23)12-22-19(24)17-6-4-5-7-18(17)20(25)26/h4-11,15,23H,12-13H2,1-3H3,(H,22,24)(H,25,26)/p-1/t15-/m1/s1.